The number of hydrogen-bond donors (Lipinski definition) is 0. The molecule has 84 valence electrons. The molecule has 0 aliphatic heterocycles. The lowest BCUT2D eigenvalue weighted by atomic mass is 9.90. The van der Waals surface area contributed by atoms with Crippen LogP contribution in [0.4, 0.5) is 0 Å². The first kappa shape index (κ1) is 12.2. The molecule has 0 radical (unpaired) electrons. The van der Waals surface area contributed by atoms with Crippen LogP contribution < -0.4 is 0 Å². The summed E-state index contributed by atoms with van der Waals surface area (Å²) >= 11 is 0. The topological polar surface area (TPSA) is 12.9 Å². The van der Waals surface area contributed by atoms with E-state index in [1.165, 1.54) is 36.1 Å². The number of rotatable bonds is 3. The molecule has 0 fully saturated rings. The van der Waals surface area contributed by atoms with Gasteiger partial charge in [-0.1, -0.05) is 34.1 Å². The molecule has 0 atom stereocenters. The highest BCUT2D eigenvalue weighted by Gasteiger charge is 2.15. The highest BCUT2D eigenvalue weighted by Crippen LogP contribution is 2.22. The van der Waals surface area contributed by atoms with Crippen molar-refractivity contribution in [2.24, 2.45) is 0 Å². The van der Waals surface area contributed by atoms with Gasteiger partial charge in [0.25, 0.3) is 0 Å². The van der Waals surface area contributed by atoms with Crippen LogP contribution in [-0.4, -0.2) is 4.98 Å². The summed E-state index contributed by atoms with van der Waals surface area (Å²) in [5, 5.41) is 0. The molecule has 0 spiro atoms. The second kappa shape index (κ2) is 4.78. The Balaban J connectivity index is 2.88. The van der Waals surface area contributed by atoms with E-state index in [4.69, 9.17) is 0 Å². The molecule has 0 unspecified atom stereocenters. The third-order valence-electron chi connectivity index (χ3n) is 2.79. The van der Waals surface area contributed by atoms with E-state index in [0.29, 0.717) is 0 Å². The highest BCUT2D eigenvalue weighted by molar-refractivity contribution is 5.28. The van der Waals surface area contributed by atoms with E-state index in [1.807, 2.05) is 0 Å². The summed E-state index contributed by atoms with van der Waals surface area (Å²) in [7, 11) is 0. The van der Waals surface area contributed by atoms with Gasteiger partial charge in [-0.3, -0.25) is 4.98 Å². The fourth-order valence-electron chi connectivity index (χ4n) is 1.62. The zero-order chi connectivity index (χ0) is 11.5. The first-order valence-corrected chi connectivity index (χ1v) is 5.91. The smallest absolute Gasteiger partial charge is 0.0459 e. The molecule has 1 heteroatoms. The van der Waals surface area contributed by atoms with Crippen molar-refractivity contribution in [3.05, 3.63) is 29.1 Å². The summed E-state index contributed by atoms with van der Waals surface area (Å²) < 4.78 is 0. The van der Waals surface area contributed by atoms with Crippen LogP contribution in [0.3, 0.4) is 0 Å². The van der Waals surface area contributed by atoms with Gasteiger partial charge < -0.3 is 0 Å². The van der Waals surface area contributed by atoms with Gasteiger partial charge in [-0.15, -0.1) is 0 Å². The summed E-state index contributed by atoms with van der Waals surface area (Å²) in [5.74, 6) is 0. The van der Waals surface area contributed by atoms with Crippen LogP contribution in [0.15, 0.2) is 12.3 Å². The molecule has 0 aliphatic carbocycles. The van der Waals surface area contributed by atoms with Crippen LogP contribution in [-0.2, 0) is 11.8 Å². The number of unbranched alkanes of at least 4 members (excludes halogenated alkanes) is 1. The Morgan fingerprint density at radius 1 is 1.27 bits per heavy atom. The van der Waals surface area contributed by atoms with E-state index < -0.39 is 0 Å². The van der Waals surface area contributed by atoms with Gasteiger partial charge in [0.2, 0.25) is 0 Å². The van der Waals surface area contributed by atoms with Gasteiger partial charge in [0.05, 0.1) is 0 Å². The summed E-state index contributed by atoms with van der Waals surface area (Å²) in [6.45, 7) is 11.1. The molecule has 0 N–H and O–H groups in total. The van der Waals surface area contributed by atoms with Crippen molar-refractivity contribution in [2.45, 2.75) is 59.3 Å². The van der Waals surface area contributed by atoms with E-state index in [2.05, 4.69) is 51.9 Å². The fourth-order valence-corrected chi connectivity index (χ4v) is 1.62. The van der Waals surface area contributed by atoms with Crippen molar-refractivity contribution in [1.82, 2.24) is 4.98 Å². The largest absolute Gasteiger partial charge is 0.260 e. The normalized spacial score (nSPS) is 11.8. The average molecular weight is 205 g/mol. The molecule has 0 aliphatic rings. The summed E-state index contributed by atoms with van der Waals surface area (Å²) in [6.07, 6.45) is 5.74. The molecule has 0 saturated heterocycles. The number of aryl methyl sites for hydroxylation is 2. The van der Waals surface area contributed by atoms with Crippen molar-refractivity contribution in [1.29, 1.82) is 0 Å². The van der Waals surface area contributed by atoms with E-state index in [9.17, 15) is 0 Å². The van der Waals surface area contributed by atoms with Crippen molar-refractivity contribution in [3.8, 4) is 0 Å². The predicted octanol–water partition coefficient (Wildman–Crippen LogP) is 4.03. The summed E-state index contributed by atoms with van der Waals surface area (Å²) in [5.41, 5.74) is 4.15. The molecule has 1 heterocycles. The second-order valence-electron chi connectivity index (χ2n) is 5.35. The molecule has 0 aromatic carbocycles. The Labute approximate surface area is 93.9 Å². The van der Waals surface area contributed by atoms with Crippen LogP contribution in [0.2, 0.25) is 0 Å². The van der Waals surface area contributed by atoms with Gasteiger partial charge in [-0.25, -0.2) is 0 Å². The van der Waals surface area contributed by atoms with Gasteiger partial charge >= 0.3 is 0 Å². The first-order chi connectivity index (χ1) is 6.95. The molecule has 1 aromatic rings. The Hall–Kier alpha value is -0.850. The Kier molecular flexibility index (Phi) is 3.90. The maximum absolute atomic E-state index is 4.56. The zero-order valence-corrected chi connectivity index (χ0v) is 10.7. The SMILES string of the molecule is CCCCc1cnc(C(C)(C)C)cc1C. The first-order valence-electron chi connectivity index (χ1n) is 5.91. The molecule has 1 aromatic heterocycles. The lowest BCUT2D eigenvalue weighted by molar-refractivity contribution is 0.567. The maximum Gasteiger partial charge on any atom is 0.0459 e. The van der Waals surface area contributed by atoms with E-state index in [-0.39, 0.29) is 5.41 Å². The standard InChI is InChI=1S/C14H23N/c1-6-7-8-12-10-15-13(9-11(12)2)14(3,4)5/h9-10H,6-8H2,1-5H3. The Morgan fingerprint density at radius 2 is 1.93 bits per heavy atom. The van der Waals surface area contributed by atoms with E-state index >= 15 is 0 Å². The number of hydrogen-bond acceptors (Lipinski definition) is 1. The van der Waals surface area contributed by atoms with Gasteiger partial charge in [0, 0.05) is 17.3 Å². The third-order valence-corrected chi connectivity index (χ3v) is 2.79. The van der Waals surface area contributed by atoms with Crippen molar-refractivity contribution < 1.29 is 0 Å². The molecule has 1 nitrogen and oxygen atoms in total. The summed E-state index contributed by atoms with van der Waals surface area (Å²) in [4.78, 5) is 4.56. The lowest BCUT2D eigenvalue weighted by Gasteiger charge is -2.19. The van der Waals surface area contributed by atoms with Gasteiger partial charge in [0.1, 0.15) is 0 Å². The Bertz CT molecular complexity index is 321. The average Bonchev–Trinajstić information content (AvgIpc) is 2.14. The van der Waals surface area contributed by atoms with Crippen LogP contribution in [0.5, 0.6) is 0 Å². The minimum Gasteiger partial charge on any atom is -0.260 e. The van der Waals surface area contributed by atoms with Crippen molar-refractivity contribution in [2.75, 3.05) is 0 Å². The lowest BCUT2D eigenvalue weighted by Crippen LogP contribution is -2.14. The highest BCUT2D eigenvalue weighted by atomic mass is 14.7. The maximum atomic E-state index is 4.56. The van der Waals surface area contributed by atoms with Crippen LogP contribution >= 0.6 is 0 Å². The van der Waals surface area contributed by atoms with Crippen LogP contribution in [0.25, 0.3) is 0 Å². The molecular formula is C14H23N. The van der Waals surface area contributed by atoms with Crippen molar-refractivity contribution in [3.63, 3.8) is 0 Å². The molecule has 1 rings (SSSR count). The van der Waals surface area contributed by atoms with Crippen LogP contribution in [0.1, 0.15) is 57.4 Å². The third kappa shape index (κ3) is 3.33. The minimum absolute atomic E-state index is 0.161. The zero-order valence-electron chi connectivity index (χ0n) is 10.7. The van der Waals surface area contributed by atoms with Gasteiger partial charge in [0.15, 0.2) is 0 Å². The monoisotopic (exact) mass is 205 g/mol. The fraction of sp³-hybridized carbons (Fsp3) is 0.643. The molecule has 15 heavy (non-hydrogen) atoms. The van der Waals surface area contributed by atoms with E-state index in [0.717, 1.165) is 0 Å². The molecule has 0 saturated carbocycles. The number of nitrogens with zero attached hydrogens (tertiary/aromatic N) is 1. The van der Waals surface area contributed by atoms with Gasteiger partial charge in [-0.2, -0.15) is 0 Å². The quantitative estimate of drug-likeness (QED) is 0.726. The number of pyridine rings is 1. The molecule has 0 bridgehead atoms. The second-order valence-corrected chi connectivity index (χ2v) is 5.35. The Morgan fingerprint density at radius 3 is 2.40 bits per heavy atom. The predicted molar refractivity (Wildman–Crippen MR) is 66.3 cm³/mol. The number of aromatic nitrogens is 1. The van der Waals surface area contributed by atoms with Crippen molar-refractivity contribution >= 4 is 0 Å². The van der Waals surface area contributed by atoms with E-state index in [1.54, 1.807) is 0 Å². The van der Waals surface area contributed by atoms with Gasteiger partial charge in [-0.05, 0) is 37.0 Å². The minimum atomic E-state index is 0.161. The van der Waals surface area contributed by atoms with Crippen LogP contribution in [0, 0.1) is 6.92 Å². The molecular weight excluding hydrogens is 182 g/mol. The summed E-state index contributed by atoms with van der Waals surface area (Å²) in [6, 6.07) is 2.24. The molecule has 0 amide bonds.